The van der Waals surface area contributed by atoms with Gasteiger partial charge in [0.15, 0.2) is 0 Å². The van der Waals surface area contributed by atoms with Crippen molar-refractivity contribution in [3.8, 4) is 0 Å². The van der Waals surface area contributed by atoms with E-state index in [1.165, 1.54) is 11.8 Å². The molecule has 1 aromatic heterocycles. The van der Waals surface area contributed by atoms with Crippen LogP contribution >= 0.6 is 0 Å². The van der Waals surface area contributed by atoms with Crippen molar-refractivity contribution < 1.29 is 37.5 Å². The summed E-state index contributed by atoms with van der Waals surface area (Å²) in [7, 11) is -2.52. The first-order valence-electron chi connectivity index (χ1n) is 10.8. The molecule has 9 heteroatoms. The van der Waals surface area contributed by atoms with Crippen molar-refractivity contribution in [2.75, 3.05) is 7.05 Å². The monoisotopic (exact) mass is 582 g/mol. The first kappa shape index (κ1) is 28.5. The van der Waals surface area contributed by atoms with Gasteiger partial charge in [0.2, 0.25) is 9.84 Å². The zero-order chi connectivity index (χ0) is 25.5. The zero-order valence-corrected chi connectivity index (χ0v) is 23.5. The second kappa shape index (κ2) is 10.5. The summed E-state index contributed by atoms with van der Waals surface area (Å²) in [6.07, 6.45) is 0. The summed E-state index contributed by atoms with van der Waals surface area (Å²) >= 11 is 0. The van der Waals surface area contributed by atoms with E-state index in [1.54, 1.807) is 27.0 Å². The number of aromatic nitrogens is 1. The van der Waals surface area contributed by atoms with Crippen LogP contribution in [0.3, 0.4) is 0 Å². The predicted octanol–water partition coefficient (Wildman–Crippen LogP) is 3.87. The molecule has 0 saturated carbocycles. The fourth-order valence-corrected chi connectivity index (χ4v) is 6.20. The van der Waals surface area contributed by atoms with Gasteiger partial charge in [-0.1, -0.05) is 19.9 Å². The van der Waals surface area contributed by atoms with Gasteiger partial charge in [0, 0.05) is 13.6 Å². The van der Waals surface area contributed by atoms with Crippen molar-refractivity contribution in [1.29, 1.82) is 0 Å². The van der Waals surface area contributed by atoms with Gasteiger partial charge in [-0.15, -0.1) is 5.56 Å². The van der Waals surface area contributed by atoms with Crippen molar-refractivity contribution in [2.45, 2.75) is 57.9 Å². The van der Waals surface area contributed by atoms with Gasteiger partial charge in [-0.25, -0.2) is 8.42 Å². The molecule has 0 bridgehead atoms. The van der Waals surface area contributed by atoms with Gasteiger partial charge in [-0.2, -0.15) is 29.3 Å². The Bertz CT molecular complexity index is 1420. The van der Waals surface area contributed by atoms with E-state index in [1.807, 2.05) is 39.0 Å². The van der Waals surface area contributed by atoms with Crippen LogP contribution in [0, 0.1) is 47.6 Å². The third-order valence-corrected chi connectivity index (χ3v) is 8.18. The Morgan fingerprint density at radius 2 is 1.63 bits per heavy atom. The summed E-state index contributed by atoms with van der Waals surface area (Å²) in [5.74, 6) is -1.40. The number of rotatable bonds is 6. The normalized spacial score (nSPS) is 11.2. The molecule has 0 unspecified atom stereocenters. The zero-order valence-electron chi connectivity index (χ0n) is 20.9. The molecule has 0 atom stereocenters. The standard InChI is InChI=1S/C26H30N3O4S.Ru/c1-14-8-9-20(17(4)10-14)13-29(7)26(31)22-19(6)24(23(28-22)25(27)30)34(32,33)21-12-15(2)11-16(3)18(21)5;/h8-9,11-12,28H,13H2,1-7H3,(H2,27,30);/q-1;+1. The Morgan fingerprint density at radius 3 is 2.20 bits per heavy atom. The number of nitrogens with zero attached hydrogens (tertiary/aromatic N) is 1. The van der Waals surface area contributed by atoms with Gasteiger partial charge in [0.25, 0.3) is 11.8 Å². The molecule has 35 heavy (non-hydrogen) atoms. The quantitative estimate of drug-likeness (QED) is 0.340. The van der Waals surface area contributed by atoms with Crippen LogP contribution in [0.2, 0.25) is 0 Å². The second-order valence-corrected chi connectivity index (χ2v) is 10.7. The van der Waals surface area contributed by atoms with Gasteiger partial charge >= 0.3 is 19.5 Å². The van der Waals surface area contributed by atoms with E-state index in [0.29, 0.717) is 12.1 Å². The topological polar surface area (TPSA) is 113 Å². The number of benzene rings is 2. The number of carbonyl (C=O) groups is 2. The number of aryl methyl sites for hydroxylation is 4. The van der Waals surface area contributed by atoms with E-state index in [-0.39, 0.29) is 46.2 Å². The van der Waals surface area contributed by atoms with Crippen LogP contribution in [0.25, 0.3) is 0 Å². The number of H-pyrrole nitrogens is 1. The number of hydrogen-bond donors (Lipinski definition) is 2. The third kappa shape index (κ3) is 5.41. The molecule has 3 N–H and O–H groups in total. The summed E-state index contributed by atoms with van der Waals surface area (Å²) in [6, 6.07) is 10.5. The predicted molar refractivity (Wildman–Crippen MR) is 131 cm³/mol. The van der Waals surface area contributed by atoms with Crippen molar-refractivity contribution in [1.82, 2.24) is 9.88 Å². The number of sulfone groups is 1. The van der Waals surface area contributed by atoms with E-state index < -0.39 is 21.7 Å². The summed E-state index contributed by atoms with van der Waals surface area (Å²) in [6.45, 7) is 11.0. The van der Waals surface area contributed by atoms with E-state index in [2.05, 4.69) is 11.1 Å². The summed E-state index contributed by atoms with van der Waals surface area (Å²) in [4.78, 5) is 29.6. The minimum absolute atomic E-state index is 0. The number of aromatic amines is 1. The van der Waals surface area contributed by atoms with Crippen LogP contribution in [-0.4, -0.2) is 37.2 Å². The van der Waals surface area contributed by atoms with Gasteiger partial charge in [0.1, 0.15) is 16.3 Å². The van der Waals surface area contributed by atoms with Crippen LogP contribution in [0.4, 0.5) is 0 Å². The number of hydrogen-bond acceptors (Lipinski definition) is 4. The Balaban J connectivity index is 0.00000432. The van der Waals surface area contributed by atoms with Gasteiger partial charge in [-0.3, -0.25) is 9.59 Å². The minimum atomic E-state index is -4.14. The van der Waals surface area contributed by atoms with Crippen molar-refractivity contribution >= 4 is 21.7 Å². The van der Waals surface area contributed by atoms with E-state index in [9.17, 15) is 18.0 Å². The number of primary amides is 1. The molecular formula is C26H30N3O4RuS. The molecule has 2 aromatic carbocycles. The van der Waals surface area contributed by atoms with Crippen LogP contribution < -0.4 is 5.73 Å². The Hall–Kier alpha value is -2.77. The molecule has 3 rings (SSSR count). The first-order valence-corrected chi connectivity index (χ1v) is 12.3. The molecule has 1 radical (unpaired) electrons. The molecule has 0 aliphatic heterocycles. The molecular weight excluding hydrogens is 551 g/mol. The molecule has 3 aromatic rings. The Kier molecular flexibility index (Phi) is 8.51. The summed E-state index contributed by atoms with van der Waals surface area (Å²) in [5, 5.41) is 0. The number of nitrogens with two attached hydrogens (primary N) is 1. The number of amides is 2. The number of carbonyl (C=O) groups excluding carboxylic acids is 2. The van der Waals surface area contributed by atoms with E-state index in [4.69, 9.17) is 5.73 Å². The molecule has 2 amide bonds. The fraction of sp³-hybridized carbons (Fsp3) is 0.308. The van der Waals surface area contributed by atoms with Crippen molar-refractivity contribution in [2.24, 2.45) is 5.73 Å². The van der Waals surface area contributed by atoms with E-state index in [0.717, 1.165) is 27.8 Å². The van der Waals surface area contributed by atoms with Crippen LogP contribution in [0.15, 0.2) is 34.1 Å². The van der Waals surface area contributed by atoms with Crippen LogP contribution in [0.1, 0.15) is 59.9 Å². The molecule has 7 nitrogen and oxygen atoms in total. The Labute approximate surface area is 219 Å². The van der Waals surface area contributed by atoms with Crippen molar-refractivity contribution in [3.05, 3.63) is 80.7 Å². The molecule has 1 heterocycles. The van der Waals surface area contributed by atoms with Gasteiger partial charge in [-0.05, 0) is 56.0 Å². The molecule has 0 saturated heterocycles. The third-order valence-electron chi connectivity index (χ3n) is 6.13. The maximum absolute atomic E-state index is 13.7. The maximum atomic E-state index is 13.7. The van der Waals surface area contributed by atoms with Crippen LogP contribution in [-0.2, 0) is 35.9 Å². The average molecular weight is 582 g/mol. The van der Waals surface area contributed by atoms with Crippen LogP contribution in [0.5, 0.6) is 0 Å². The van der Waals surface area contributed by atoms with Gasteiger partial charge in [0.05, 0.1) is 4.90 Å². The molecule has 0 aliphatic rings. The first-order chi connectivity index (χ1) is 15.7. The van der Waals surface area contributed by atoms with E-state index >= 15 is 0 Å². The SMILES string of the molecule is Cc1[c-]c(C)c(CN(C)C(=O)c2[nH]c(C(N)=O)c(S(=O)(=O)c3cc(C)cc(C)c3C)c2C)cc1.[Ru+]. The molecule has 187 valence electrons. The Morgan fingerprint density at radius 1 is 1.00 bits per heavy atom. The fourth-order valence-electron chi connectivity index (χ4n) is 4.15. The summed E-state index contributed by atoms with van der Waals surface area (Å²) in [5.41, 5.74) is 10.4. The van der Waals surface area contributed by atoms with Crippen molar-refractivity contribution in [3.63, 3.8) is 0 Å². The average Bonchev–Trinajstić information content (AvgIpc) is 3.10. The summed E-state index contributed by atoms with van der Waals surface area (Å²) < 4.78 is 27.4. The minimum Gasteiger partial charge on any atom is -0.364 e. The largest absolute Gasteiger partial charge is 1.00 e. The molecule has 0 spiro atoms. The maximum Gasteiger partial charge on any atom is 1.00 e. The molecule has 0 aliphatic carbocycles. The smallest absolute Gasteiger partial charge is 0.364 e. The number of nitrogens with one attached hydrogen (secondary N) is 1. The second-order valence-electron chi connectivity index (χ2n) is 8.85. The molecule has 0 fully saturated rings. The van der Waals surface area contributed by atoms with Gasteiger partial charge < -0.3 is 15.6 Å².